The molecule has 5 aromatic rings. The van der Waals surface area contributed by atoms with Crippen LogP contribution in [-0.4, -0.2) is 88.4 Å². The molecule has 3 aliphatic rings. The molecule has 0 spiro atoms. The average Bonchev–Trinajstić information content (AvgIpc) is 3.94. The van der Waals surface area contributed by atoms with E-state index in [-0.39, 0.29) is 35.6 Å². The minimum Gasteiger partial charge on any atom is -0.507 e. The zero-order chi connectivity index (χ0) is 36.6. The molecule has 3 saturated heterocycles. The topological polar surface area (TPSA) is 173 Å². The number of imide groups is 1. The second-order valence-electron chi connectivity index (χ2n) is 13.9. The number of fused-ring (bicyclic) bond motifs is 3. The maximum absolute atomic E-state index is 13.1. The van der Waals surface area contributed by atoms with Crippen LogP contribution in [0.2, 0.25) is 0 Å². The number of hydrogen-bond donors (Lipinski definition) is 3. The molecule has 6 heterocycles. The fourth-order valence-corrected chi connectivity index (χ4v) is 7.71. The maximum atomic E-state index is 13.1. The maximum Gasteiger partial charge on any atom is 0.329 e. The molecule has 3 aliphatic heterocycles. The Bertz CT molecular complexity index is 2310. The van der Waals surface area contributed by atoms with Crippen molar-refractivity contribution in [3.63, 3.8) is 0 Å². The lowest BCUT2D eigenvalue weighted by molar-refractivity contribution is -0.135. The first-order chi connectivity index (χ1) is 25.7. The number of para-hydroxylation sites is 1. The summed E-state index contributed by atoms with van der Waals surface area (Å²) in [5.41, 5.74) is 4.15. The molecule has 2 bridgehead atoms. The molecule has 1 unspecified atom stereocenters. The Labute approximate surface area is 304 Å². The van der Waals surface area contributed by atoms with Crippen LogP contribution in [-0.2, 0) is 36.1 Å². The number of carbonyl (C=O) groups excluding carboxylic acids is 3. The molecule has 8 rings (SSSR count). The van der Waals surface area contributed by atoms with Crippen molar-refractivity contribution in [2.75, 3.05) is 24.5 Å². The highest BCUT2D eigenvalue weighted by Crippen LogP contribution is 2.34. The summed E-state index contributed by atoms with van der Waals surface area (Å²) in [6.07, 6.45) is 7.51. The van der Waals surface area contributed by atoms with Crippen molar-refractivity contribution in [3.8, 4) is 5.75 Å². The van der Waals surface area contributed by atoms with Crippen molar-refractivity contribution < 1.29 is 19.5 Å². The van der Waals surface area contributed by atoms with Gasteiger partial charge >= 0.3 is 5.69 Å². The van der Waals surface area contributed by atoms with Gasteiger partial charge in [-0.2, -0.15) is 0 Å². The summed E-state index contributed by atoms with van der Waals surface area (Å²) in [6, 6.07) is 18.3. The first kappa shape index (κ1) is 34.0. The van der Waals surface area contributed by atoms with Crippen LogP contribution in [0.4, 0.5) is 5.82 Å². The summed E-state index contributed by atoms with van der Waals surface area (Å²) >= 11 is 0. The minimum absolute atomic E-state index is 0.0118. The van der Waals surface area contributed by atoms with Crippen LogP contribution in [0.1, 0.15) is 52.6 Å². The number of piperazine rings is 1. The molecule has 0 aliphatic carbocycles. The van der Waals surface area contributed by atoms with Gasteiger partial charge in [0.25, 0.3) is 0 Å². The van der Waals surface area contributed by atoms with E-state index in [0.29, 0.717) is 49.6 Å². The van der Waals surface area contributed by atoms with Crippen molar-refractivity contribution in [1.82, 2.24) is 44.6 Å². The smallest absolute Gasteiger partial charge is 0.329 e. The number of aryl methyl sites for hydroxylation is 1. The van der Waals surface area contributed by atoms with Gasteiger partial charge in [0.15, 0.2) is 5.78 Å². The van der Waals surface area contributed by atoms with E-state index in [1.54, 1.807) is 40.6 Å². The number of likely N-dealkylation sites (tertiary alicyclic amines) is 1. The zero-order valence-corrected chi connectivity index (χ0v) is 29.3. The number of allylic oxidation sites excluding steroid dienone is 1. The molecule has 3 N–H and O–H groups in total. The molecule has 15 heteroatoms. The van der Waals surface area contributed by atoms with Crippen molar-refractivity contribution in [1.29, 1.82) is 0 Å². The molecule has 53 heavy (non-hydrogen) atoms. The average molecular weight is 717 g/mol. The number of hydrogen-bond acceptors (Lipinski definition) is 11. The summed E-state index contributed by atoms with van der Waals surface area (Å²) in [5.74, 6) is -0.0552. The third kappa shape index (κ3) is 6.82. The molecule has 272 valence electrons. The lowest BCUT2D eigenvalue weighted by atomic mass is 10.1. The first-order valence-electron chi connectivity index (χ1n) is 17.8. The molecular weight excluding hydrogens is 676 g/mol. The Hall–Kier alpha value is -6.09. The van der Waals surface area contributed by atoms with Gasteiger partial charge in [-0.05, 0) is 54.8 Å². The highest BCUT2D eigenvalue weighted by molar-refractivity contribution is 6.06. The molecule has 0 radical (unpaired) electrons. The molecule has 3 aromatic heterocycles. The molecule has 15 nitrogen and oxygen atoms in total. The molecular formula is C38H40N10O5. The van der Waals surface area contributed by atoms with Crippen LogP contribution in [0.5, 0.6) is 5.75 Å². The van der Waals surface area contributed by atoms with Crippen LogP contribution in [0.3, 0.4) is 0 Å². The molecule has 2 aromatic carbocycles. The Balaban J connectivity index is 0.825. The van der Waals surface area contributed by atoms with E-state index in [4.69, 9.17) is 4.98 Å². The number of ketones is 1. The number of nitrogens with zero attached hydrogens (tertiary/aromatic N) is 8. The molecule has 3 atom stereocenters. The number of piperidine rings is 1. The summed E-state index contributed by atoms with van der Waals surface area (Å²) in [5, 5.41) is 24.5. The lowest BCUT2D eigenvalue weighted by Crippen LogP contribution is -2.44. The predicted molar refractivity (Wildman–Crippen MR) is 195 cm³/mol. The van der Waals surface area contributed by atoms with E-state index < -0.39 is 11.9 Å². The van der Waals surface area contributed by atoms with Crippen molar-refractivity contribution >= 4 is 34.4 Å². The minimum atomic E-state index is -0.709. The Morgan fingerprint density at radius 2 is 1.89 bits per heavy atom. The van der Waals surface area contributed by atoms with Gasteiger partial charge in [-0.3, -0.25) is 28.8 Å². The molecule has 0 saturated carbocycles. The second-order valence-corrected chi connectivity index (χ2v) is 13.9. The van der Waals surface area contributed by atoms with E-state index in [9.17, 15) is 24.3 Å². The van der Waals surface area contributed by atoms with Crippen LogP contribution in [0, 0.1) is 0 Å². The predicted octanol–water partition coefficient (Wildman–Crippen LogP) is 2.05. The highest BCUT2D eigenvalue weighted by atomic mass is 16.3. The van der Waals surface area contributed by atoms with Crippen molar-refractivity contribution in [2.24, 2.45) is 7.05 Å². The van der Waals surface area contributed by atoms with E-state index in [1.807, 2.05) is 48.8 Å². The summed E-state index contributed by atoms with van der Waals surface area (Å²) in [4.78, 5) is 59.3. The number of aromatic nitrogens is 6. The fourth-order valence-electron chi connectivity index (χ4n) is 7.71. The van der Waals surface area contributed by atoms with Gasteiger partial charge in [0.05, 0.1) is 34.5 Å². The zero-order valence-electron chi connectivity index (χ0n) is 29.3. The third-order valence-electron chi connectivity index (χ3n) is 10.4. The Kier molecular flexibility index (Phi) is 9.08. The Morgan fingerprint density at radius 3 is 2.70 bits per heavy atom. The number of aromatic hydroxyl groups is 1. The Morgan fingerprint density at radius 1 is 1.02 bits per heavy atom. The summed E-state index contributed by atoms with van der Waals surface area (Å²) < 4.78 is 4.82. The molecule has 2 amide bonds. The first-order valence-corrected chi connectivity index (χ1v) is 17.8. The van der Waals surface area contributed by atoms with Crippen LogP contribution in [0.15, 0.2) is 83.9 Å². The number of rotatable bonds is 12. The number of phenolic OH excluding ortho intramolecular Hbond substituents is 1. The third-order valence-corrected chi connectivity index (χ3v) is 10.4. The lowest BCUT2D eigenvalue weighted by Gasteiger charge is -2.34. The fraction of sp³-hybridized carbons (Fsp3) is 0.342. The SMILES string of the molecule is Cn1c(=O)n(C2CCC(=O)NC2=O)c2ccc(CNCCc3cn(Cc4cccc(N5C[C@H]6C[C@@H]5CN6/C=C/C(=O)c5ccccc5O)n4)nn3)cc21. The number of carbonyl (C=O) groups is 3. The van der Waals surface area contributed by atoms with Crippen LogP contribution in [0.25, 0.3) is 11.0 Å². The van der Waals surface area contributed by atoms with Gasteiger partial charge in [0, 0.05) is 76.6 Å². The molecule has 3 fully saturated rings. The number of amides is 2. The summed E-state index contributed by atoms with van der Waals surface area (Å²) in [6.45, 7) is 3.37. The summed E-state index contributed by atoms with van der Waals surface area (Å²) in [7, 11) is 1.69. The monoisotopic (exact) mass is 716 g/mol. The standard InChI is InChI=1S/C38H40N10O5/c1-44-32-17-24(9-10-30(32)48(38(44)53)31-11-12-36(51)41-37(31)52)19-39-15-13-26-21-46(43-42-26)20-25-5-4-8-35(40-25)47-23-27-18-28(47)22-45(27)16-14-34(50)29-6-2-3-7-33(29)49/h2-10,14,16-17,21,27-28,31,39,49H,11-13,15,18-20,22-23H2,1H3,(H,41,51,52)/b16-14+/t27-,28-,31?/m1/s1. The van der Waals surface area contributed by atoms with Crippen LogP contribution >= 0.6 is 0 Å². The quantitative estimate of drug-likeness (QED) is 0.0747. The number of imidazole rings is 1. The van der Waals surface area contributed by atoms with E-state index in [0.717, 1.165) is 47.8 Å². The van der Waals surface area contributed by atoms with Gasteiger partial charge in [-0.25, -0.2) is 14.5 Å². The largest absolute Gasteiger partial charge is 0.507 e. The van der Waals surface area contributed by atoms with Gasteiger partial charge < -0.3 is 20.2 Å². The number of nitrogens with one attached hydrogen (secondary N) is 2. The van der Waals surface area contributed by atoms with Crippen LogP contribution < -0.4 is 21.2 Å². The van der Waals surface area contributed by atoms with Crippen molar-refractivity contribution in [2.45, 2.75) is 56.9 Å². The van der Waals surface area contributed by atoms with E-state index >= 15 is 0 Å². The van der Waals surface area contributed by atoms with E-state index in [1.165, 1.54) is 10.6 Å². The number of phenols is 1. The normalized spacial score (nSPS) is 19.9. The number of anilines is 1. The van der Waals surface area contributed by atoms with Gasteiger partial charge in [-0.1, -0.05) is 29.5 Å². The number of pyridine rings is 1. The highest BCUT2D eigenvalue weighted by Gasteiger charge is 2.42. The van der Waals surface area contributed by atoms with Crippen molar-refractivity contribution in [3.05, 3.63) is 112 Å². The van der Waals surface area contributed by atoms with Gasteiger partial charge in [0.1, 0.15) is 17.6 Å². The van der Waals surface area contributed by atoms with Gasteiger partial charge in [-0.15, -0.1) is 5.10 Å². The second kappa shape index (κ2) is 14.1. The number of benzene rings is 2. The van der Waals surface area contributed by atoms with Gasteiger partial charge in [0.2, 0.25) is 11.8 Å². The van der Waals surface area contributed by atoms with E-state index in [2.05, 4.69) is 30.7 Å².